The molecular weight excluding hydrogens is 226 g/mol. The minimum atomic E-state index is -0.00470. The third-order valence-electron chi connectivity index (χ3n) is 3.60. The van der Waals surface area contributed by atoms with Gasteiger partial charge in [0.25, 0.3) is 5.91 Å². The van der Waals surface area contributed by atoms with E-state index in [-0.39, 0.29) is 23.1 Å². The van der Waals surface area contributed by atoms with Gasteiger partial charge in [-0.2, -0.15) is 0 Å². The molecule has 3 nitrogen and oxygen atoms in total. The van der Waals surface area contributed by atoms with Crippen molar-refractivity contribution in [3.63, 3.8) is 0 Å². The zero-order valence-corrected chi connectivity index (χ0v) is 12.1. The molecule has 1 rings (SSSR count). The number of hydrogen-bond acceptors (Lipinski definition) is 2. The molecule has 0 radical (unpaired) electrons. The van der Waals surface area contributed by atoms with E-state index in [1.165, 1.54) is 0 Å². The van der Waals surface area contributed by atoms with Crippen LogP contribution in [-0.4, -0.2) is 29.0 Å². The smallest absolute Gasteiger partial charge is 0.254 e. The summed E-state index contributed by atoms with van der Waals surface area (Å²) in [6.07, 6.45) is 0. The van der Waals surface area contributed by atoms with E-state index in [0.717, 1.165) is 5.56 Å². The molecule has 0 saturated heterocycles. The average molecular weight is 249 g/mol. The maximum Gasteiger partial charge on any atom is 0.254 e. The SMILES string of the molecule is Cc1cc(O)ccc1C(=O)N(C)C(C)C(C)(C)C. The van der Waals surface area contributed by atoms with Crippen molar-refractivity contribution in [3.05, 3.63) is 29.3 Å². The van der Waals surface area contributed by atoms with E-state index in [9.17, 15) is 9.90 Å². The molecule has 1 N–H and O–H groups in total. The van der Waals surface area contributed by atoms with E-state index in [2.05, 4.69) is 20.8 Å². The Morgan fingerprint density at radius 1 is 1.33 bits per heavy atom. The molecule has 1 aromatic carbocycles. The molecule has 3 heteroatoms. The van der Waals surface area contributed by atoms with Crippen molar-refractivity contribution >= 4 is 5.91 Å². The van der Waals surface area contributed by atoms with Crippen LogP contribution in [0.2, 0.25) is 0 Å². The molecule has 0 aliphatic rings. The first-order valence-corrected chi connectivity index (χ1v) is 6.21. The average Bonchev–Trinajstić information content (AvgIpc) is 2.25. The number of benzene rings is 1. The first kappa shape index (κ1) is 14.6. The van der Waals surface area contributed by atoms with Crippen LogP contribution >= 0.6 is 0 Å². The standard InChI is InChI=1S/C15H23NO2/c1-10-9-12(17)7-8-13(10)14(18)16(6)11(2)15(3,4)5/h7-9,11,17H,1-6H3. The lowest BCUT2D eigenvalue weighted by molar-refractivity contribution is 0.0628. The molecule has 1 unspecified atom stereocenters. The highest BCUT2D eigenvalue weighted by Gasteiger charge is 2.28. The second-order valence-corrected chi connectivity index (χ2v) is 5.96. The fourth-order valence-corrected chi connectivity index (χ4v) is 1.83. The molecule has 18 heavy (non-hydrogen) atoms. The van der Waals surface area contributed by atoms with E-state index in [4.69, 9.17) is 0 Å². The zero-order chi connectivity index (χ0) is 14.1. The number of aromatic hydroxyl groups is 1. The number of aryl methyl sites for hydroxylation is 1. The van der Waals surface area contributed by atoms with Crippen molar-refractivity contribution in [2.24, 2.45) is 5.41 Å². The largest absolute Gasteiger partial charge is 0.508 e. The Morgan fingerprint density at radius 3 is 2.33 bits per heavy atom. The van der Waals surface area contributed by atoms with Crippen molar-refractivity contribution in [2.45, 2.75) is 40.7 Å². The summed E-state index contributed by atoms with van der Waals surface area (Å²) >= 11 is 0. The van der Waals surface area contributed by atoms with Gasteiger partial charge in [-0.25, -0.2) is 0 Å². The lowest BCUT2D eigenvalue weighted by Crippen LogP contribution is -2.43. The molecule has 0 bridgehead atoms. The van der Waals surface area contributed by atoms with Crippen LogP contribution < -0.4 is 0 Å². The Hall–Kier alpha value is -1.51. The van der Waals surface area contributed by atoms with Gasteiger partial charge in [0.1, 0.15) is 5.75 Å². The Bertz CT molecular complexity index is 446. The van der Waals surface area contributed by atoms with Gasteiger partial charge in [-0.3, -0.25) is 4.79 Å². The van der Waals surface area contributed by atoms with E-state index < -0.39 is 0 Å². The number of hydrogen-bond donors (Lipinski definition) is 1. The topological polar surface area (TPSA) is 40.5 Å². The van der Waals surface area contributed by atoms with Gasteiger partial charge in [-0.15, -0.1) is 0 Å². The maximum atomic E-state index is 12.4. The fraction of sp³-hybridized carbons (Fsp3) is 0.533. The molecule has 0 spiro atoms. The zero-order valence-electron chi connectivity index (χ0n) is 12.1. The fourth-order valence-electron chi connectivity index (χ4n) is 1.83. The normalized spacial score (nSPS) is 13.2. The minimum absolute atomic E-state index is 0.00470. The summed E-state index contributed by atoms with van der Waals surface area (Å²) < 4.78 is 0. The third-order valence-corrected chi connectivity index (χ3v) is 3.60. The number of phenols is 1. The molecule has 1 aromatic rings. The van der Waals surface area contributed by atoms with E-state index in [1.54, 1.807) is 23.1 Å². The third kappa shape index (κ3) is 3.03. The van der Waals surface area contributed by atoms with Gasteiger partial charge in [-0.05, 0) is 43.0 Å². The summed E-state index contributed by atoms with van der Waals surface area (Å²) in [4.78, 5) is 14.2. The van der Waals surface area contributed by atoms with Crippen LogP contribution in [0.5, 0.6) is 5.75 Å². The summed E-state index contributed by atoms with van der Waals surface area (Å²) in [6.45, 7) is 10.2. The van der Waals surface area contributed by atoms with Gasteiger partial charge in [-0.1, -0.05) is 20.8 Å². The second-order valence-electron chi connectivity index (χ2n) is 5.96. The molecule has 0 saturated carbocycles. The van der Waals surface area contributed by atoms with E-state index in [0.29, 0.717) is 5.56 Å². The highest BCUT2D eigenvalue weighted by atomic mass is 16.3. The van der Waals surface area contributed by atoms with Gasteiger partial charge in [0.15, 0.2) is 0 Å². The van der Waals surface area contributed by atoms with Crippen LogP contribution in [-0.2, 0) is 0 Å². The van der Waals surface area contributed by atoms with Crippen LogP contribution in [0.15, 0.2) is 18.2 Å². The first-order chi connectivity index (χ1) is 8.14. The lowest BCUT2D eigenvalue weighted by Gasteiger charge is -2.35. The molecule has 100 valence electrons. The number of carbonyl (C=O) groups is 1. The van der Waals surface area contributed by atoms with Crippen molar-refractivity contribution in [1.82, 2.24) is 4.90 Å². The van der Waals surface area contributed by atoms with Crippen LogP contribution in [0.4, 0.5) is 0 Å². The molecule has 1 amide bonds. The number of rotatable bonds is 2. The Kier molecular flexibility index (Phi) is 4.05. The highest BCUT2D eigenvalue weighted by Crippen LogP contribution is 2.25. The van der Waals surface area contributed by atoms with Crippen LogP contribution in [0.3, 0.4) is 0 Å². The number of carbonyl (C=O) groups excluding carboxylic acids is 1. The highest BCUT2D eigenvalue weighted by molar-refractivity contribution is 5.95. The number of nitrogens with zero attached hydrogens (tertiary/aromatic N) is 1. The number of amides is 1. The lowest BCUT2D eigenvalue weighted by atomic mass is 9.87. The predicted molar refractivity (Wildman–Crippen MR) is 73.9 cm³/mol. The van der Waals surface area contributed by atoms with Crippen LogP contribution in [0.25, 0.3) is 0 Å². The van der Waals surface area contributed by atoms with Crippen molar-refractivity contribution < 1.29 is 9.90 Å². The van der Waals surface area contributed by atoms with Crippen molar-refractivity contribution in [3.8, 4) is 5.75 Å². The monoisotopic (exact) mass is 249 g/mol. The van der Waals surface area contributed by atoms with Gasteiger partial charge in [0.2, 0.25) is 0 Å². The summed E-state index contributed by atoms with van der Waals surface area (Å²) in [6, 6.07) is 4.98. The molecule has 1 atom stereocenters. The van der Waals surface area contributed by atoms with Crippen LogP contribution in [0.1, 0.15) is 43.6 Å². The van der Waals surface area contributed by atoms with Gasteiger partial charge >= 0.3 is 0 Å². The van der Waals surface area contributed by atoms with Crippen molar-refractivity contribution in [1.29, 1.82) is 0 Å². The van der Waals surface area contributed by atoms with Gasteiger partial charge < -0.3 is 10.0 Å². The second kappa shape index (κ2) is 5.01. The quantitative estimate of drug-likeness (QED) is 0.874. The Balaban J connectivity index is 3.00. The molecule has 0 aliphatic heterocycles. The molecule has 0 aromatic heterocycles. The van der Waals surface area contributed by atoms with E-state index >= 15 is 0 Å². The summed E-state index contributed by atoms with van der Waals surface area (Å²) in [5.41, 5.74) is 1.48. The Morgan fingerprint density at radius 2 is 1.89 bits per heavy atom. The first-order valence-electron chi connectivity index (χ1n) is 6.21. The predicted octanol–water partition coefficient (Wildman–Crippen LogP) is 3.21. The summed E-state index contributed by atoms with van der Waals surface area (Å²) in [7, 11) is 1.82. The molecule has 0 fully saturated rings. The summed E-state index contributed by atoms with van der Waals surface area (Å²) in [5.74, 6) is 0.186. The minimum Gasteiger partial charge on any atom is -0.508 e. The van der Waals surface area contributed by atoms with Crippen molar-refractivity contribution in [2.75, 3.05) is 7.05 Å². The van der Waals surface area contributed by atoms with E-state index in [1.807, 2.05) is 20.9 Å². The maximum absolute atomic E-state index is 12.4. The van der Waals surface area contributed by atoms with Crippen LogP contribution in [0, 0.1) is 12.3 Å². The molecular formula is C15H23NO2. The number of phenolic OH excluding ortho intramolecular Hbond substituents is 1. The molecule has 0 aliphatic carbocycles. The van der Waals surface area contributed by atoms with Gasteiger partial charge in [0.05, 0.1) is 0 Å². The molecule has 0 heterocycles. The summed E-state index contributed by atoms with van der Waals surface area (Å²) in [5, 5.41) is 9.37. The Labute approximate surface area is 109 Å². The van der Waals surface area contributed by atoms with Gasteiger partial charge in [0, 0.05) is 18.7 Å².